The van der Waals surface area contributed by atoms with Crippen molar-refractivity contribution in [2.24, 2.45) is 4.99 Å². The Balaban J connectivity index is 2.43. The number of sulfone groups is 1. The normalized spacial score (nSPS) is 20.7. The number of guanidine groups is 1. The average Bonchev–Trinajstić information content (AvgIpc) is 2.78. The van der Waals surface area contributed by atoms with Crippen LogP contribution in [0.25, 0.3) is 0 Å². The van der Waals surface area contributed by atoms with Gasteiger partial charge in [0.1, 0.15) is 9.84 Å². The van der Waals surface area contributed by atoms with Crippen LogP contribution >= 0.6 is 0 Å². The molecule has 0 aromatic heterocycles. The third-order valence-electron chi connectivity index (χ3n) is 3.30. The van der Waals surface area contributed by atoms with E-state index in [1.165, 1.54) is 11.2 Å². The maximum Gasteiger partial charge on any atom is 0.401 e. The standard InChI is InChI=1S/C13H25F3N4O2S/c1-3-17-12(18-6-4-8-23(2,21)22)19-11-5-7-20(9-11)10-13(14,15)16/h11H,3-10H2,1-2H3,(H2,17,18,19). The summed E-state index contributed by atoms with van der Waals surface area (Å²) in [6.07, 6.45) is -1.98. The fourth-order valence-corrected chi connectivity index (χ4v) is 3.03. The third kappa shape index (κ3) is 9.65. The van der Waals surface area contributed by atoms with Gasteiger partial charge in [-0.1, -0.05) is 0 Å². The molecular formula is C13H25F3N4O2S. The van der Waals surface area contributed by atoms with Crippen LogP contribution in [0.4, 0.5) is 13.2 Å². The summed E-state index contributed by atoms with van der Waals surface area (Å²) < 4.78 is 59.2. The smallest absolute Gasteiger partial charge is 0.357 e. The molecule has 136 valence electrons. The second kappa shape index (κ2) is 8.72. The molecule has 6 nitrogen and oxygen atoms in total. The maximum absolute atomic E-state index is 12.4. The van der Waals surface area contributed by atoms with E-state index in [9.17, 15) is 21.6 Å². The zero-order chi connectivity index (χ0) is 17.5. The molecular weight excluding hydrogens is 333 g/mol. The van der Waals surface area contributed by atoms with Crippen LogP contribution in [0.3, 0.4) is 0 Å². The van der Waals surface area contributed by atoms with Crippen LogP contribution in [0.1, 0.15) is 19.8 Å². The van der Waals surface area contributed by atoms with Gasteiger partial charge in [0, 0.05) is 38.5 Å². The van der Waals surface area contributed by atoms with Gasteiger partial charge >= 0.3 is 6.18 Å². The monoisotopic (exact) mass is 358 g/mol. The number of hydrogen-bond donors (Lipinski definition) is 2. The first-order valence-corrected chi connectivity index (χ1v) is 9.67. The topological polar surface area (TPSA) is 73.8 Å². The van der Waals surface area contributed by atoms with Gasteiger partial charge in [-0.2, -0.15) is 13.2 Å². The van der Waals surface area contributed by atoms with Crippen LogP contribution in [0.5, 0.6) is 0 Å². The number of alkyl halides is 3. The van der Waals surface area contributed by atoms with E-state index in [0.29, 0.717) is 45.0 Å². The molecule has 1 atom stereocenters. The van der Waals surface area contributed by atoms with Crippen LogP contribution in [-0.2, 0) is 9.84 Å². The van der Waals surface area contributed by atoms with E-state index in [4.69, 9.17) is 0 Å². The Bertz CT molecular complexity index is 494. The number of halogens is 3. The van der Waals surface area contributed by atoms with Gasteiger partial charge in [0.2, 0.25) is 0 Å². The summed E-state index contributed by atoms with van der Waals surface area (Å²) in [6, 6.07) is -0.0925. The number of aliphatic imine (C=N–C) groups is 1. The predicted molar refractivity (Wildman–Crippen MR) is 84.3 cm³/mol. The Morgan fingerprint density at radius 2 is 2.09 bits per heavy atom. The molecule has 0 saturated carbocycles. The molecule has 1 unspecified atom stereocenters. The molecule has 0 aromatic rings. The van der Waals surface area contributed by atoms with E-state index in [1.54, 1.807) is 0 Å². The highest BCUT2D eigenvalue weighted by Gasteiger charge is 2.34. The largest absolute Gasteiger partial charge is 0.401 e. The van der Waals surface area contributed by atoms with Crippen molar-refractivity contribution in [3.05, 3.63) is 0 Å². The minimum Gasteiger partial charge on any atom is -0.357 e. The van der Waals surface area contributed by atoms with Crippen molar-refractivity contribution in [1.29, 1.82) is 0 Å². The fraction of sp³-hybridized carbons (Fsp3) is 0.923. The lowest BCUT2D eigenvalue weighted by molar-refractivity contribution is -0.143. The zero-order valence-electron chi connectivity index (χ0n) is 13.5. The molecule has 1 heterocycles. The molecule has 2 N–H and O–H groups in total. The van der Waals surface area contributed by atoms with Crippen LogP contribution in [-0.4, -0.2) is 76.2 Å². The zero-order valence-corrected chi connectivity index (χ0v) is 14.3. The Hall–Kier alpha value is -1.03. The SMILES string of the molecule is CCNC(=NCCCS(C)(=O)=O)NC1CCN(CC(F)(F)F)C1. The van der Waals surface area contributed by atoms with Gasteiger partial charge in [-0.05, 0) is 19.8 Å². The van der Waals surface area contributed by atoms with Crippen molar-refractivity contribution < 1.29 is 21.6 Å². The van der Waals surface area contributed by atoms with Crippen LogP contribution in [0.15, 0.2) is 4.99 Å². The van der Waals surface area contributed by atoms with E-state index >= 15 is 0 Å². The summed E-state index contributed by atoms with van der Waals surface area (Å²) in [5, 5.41) is 6.13. The lowest BCUT2D eigenvalue weighted by atomic mass is 10.3. The first-order valence-electron chi connectivity index (χ1n) is 7.61. The Kier molecular flexibility index (Phi) is 7.59. The van der Waals surface area contributed by atoms with E-state index in [1.807, 2.05) is 6.92 Å². The highest BCUT2D eigenvalue weighted by atomic mass is 32.2. The number of nitrogens with one attached hydrogen (secondary N) is 2. The molecule has 0 bridgehead atoms. The van der Waals surface area contributed by atoms with Crippen molar-refractivity contribution in [2.75, 3.05) is 44.7 Å². The van der Waals surface area contributed by atoms with Gasteiger partial charge in [0.15, 0.2) is 5.96 Å². The first-order chi connectivity index (χ1) is 10.6. The minimum absolute atomic E-state index is 0.0681. The van der Waals surface area contributed by atoms with Crippen molar-refractivity contribution in [3.8, 4) is 0 Å². The van der Waals surface area contributed by atoms with Gasteiger partial charge in [-0.25, -0.2) is 8.42 Å². The summed E-state index contributed by atoms with van der Waals surface area (Å²) in [7, 11) is -3.00. The number of rotatable bonds is 7. The van der Waals surface area contributed by atoms with E-state index < -0.39 is 22.6 Å². The summed E-state index contributed by atoms with van der Waals surface area (Å²) in [4.78, 5) is 5.63. The van der Waals surface area contributed by atoms with E-state index in [0.717, 1.165) is 0 Å². The average molecular weight is 358 g/mol. The fourth-order valence-electron chi connectivity index (χ4n) is 2.38. The van der Waals surface area contributed by atoms with E-state index in [2.05, 4.69) is 15.6 Å². The molecule has 0 spiro atoms. The van der Waals surface area contributed by atoms with Crippen LogP contribution in [0, 0.1) is 0 Å². The number of hydrogen-bond acceptors (Lipinski definition) is 4. The number of nitrogens with zero attached hydrogens (tertiary/aromatic N) is 2. The summed E-state index contributed by atoms with van der Waals surface area (Å²) in [5.41, 5.74) is 0. The minimum atomic E-state index is -4.18. The van der Waals surface area contributed by atoms with Gasteiger partial charge < -0.3 is 10.6 Å². The van der Waals surface area contributed by atoms with E-state index in [-0.39, 0.29) is 11.8 Å². The van der Waals surface area contributed by atoms with Crippen molar-refractivity contribution >= 4 is 15.8 Å². The molecule has 23 heavy (non-hydrogen) atoms. The highest BCUT2D eigenvalue weighted by molar-refractivity contribution is 7.90. The van der Waals surface area contributed by atoms with Gasteiger partial charge in [0.05, 0.1) is 12.3 Å². The lowest BCUT2D eigenvalue weighted by Crippen LogP contribution is -2.45. The van der Waals surface area contributed by atoms with Crippen LogP contribution in [0.2, 0.25) is 0 Å². The Morgan fingerprint density at radius 3 is 2.65 bits per heavy atom. The molecule has 0 aromatic carbocycles. The van der Waals surface area contributed by atoms with Crippen molar-refractivity contribution in [3.63, 3.8) is 0 Å². The molecule has 1 aliphatic heterocycles. The van der Waals surface area contributed by atoms with Gasteiger partial charge in [-0.3, -0.25) is 9.89 Å². The first kappa shape index (κ1) is 20.0. The molecule has 1 saturated heterocycles. The maximum atomic E-state index is 12.4. The highest BCUT2D eigenvalue weighted by Crippen LogP contribution is 2.19. The third-order valence-corrected chi connectivity index (χ3v) is 4.33. The number of likely N-dealkylation sites (tertiary alicyclic amines) is 1. The Morgan fingerprint density at radius 1 is 1.39 bits per heavy atom. The second-order valence-electron chi connectivity index (χ2n) is 5.72. The quantitative estimate of drug-likeness (QED) is 0.396. The summed E-state index contributed by atoms with van der Waals surface area (Å²) in [6.45, 7) is 2.67. The van der Waals surface area contributed by atoms with Gasteiger partial charge in [-0.15, -0.1) is 0 Å². The molecule has 1 fully saturated rings. The lowest BCUT2D eigenvalue weighted by Gasteiger charge is -2.19. The molecule has 0 amide bonds. The summed E-state index contributed by atoms with van der Waals surface area (Å²) >= 11 is 0. The Labute approximate surface area is 135 Å². The molecule has 10 heteroatoms. The van der Waals surface area contributed by atoms with Gasteiger partial charge in [0.25, 0.3) is 0 Å². The molecule has 0 aliphatic carbocycles. The summed E-state index contributed by atoms with van der Waals surface area (Å²) in [5.74, 6) is 0.582. The second-order valence-corrected chi connectivity index (χ2v) is 7.98. The molecule has 1 aliphatic rings. The molecule has 1 rings (SSSR count). The van der Waals surface area contributed by atoms with Crippen LogP contribution < -0.4 is 10.6 Å². The van der Waals surface area contributed by atoms with Crippen molar-refractivity contribution in [1.82, 2.24) is 15.5 Å². The predicted octanol–water partition coefficient (Wildman–Crippen LogP) is 0.613. The molecule has 0 radical (unpaired) electrons. The van der Waals surface area contributed by atoms with Crippen molar-refractivity contribution in [2.45, 2.75) is 32.0 Å².